The zero-order chi connectivity index (χ0) is 29.5. The fraction of sp³-hybridized carbons (Fsp3) is 0.607. The first kappa shape index (κ1) is 31.4. The third-order valence-corrected chi connectivity index (χ3v) is 10.1. The molecular formula is C28H38F2N4O6S. The summed E-state index contributed by atoms with van der Waals surface area (Å²) in [4.78, 5) is 29.7. The van der Waals surface area contributed by atoms with E-state index in [-0.39, 0.29) is 30.6 Å². The molecule has 3 heterocycles. The molecule has 0 spiro atoms. The molecule has 10 nitrogen and oxygen atoms in total. The van der Waals surface area contributed by atoms with Crippen LogP contribution in [0.25, 0.3) is 11.3 Å². The van der Waals surface area contributed by atoms with Crippen LogP contribution in [0.4, 0.5) is 8.78 Å². The maximum absolute atomic E-state index is 14.1. The van der Waals surface area contributed by atoms with E-state index in [1.165, 1.54) is 24.5 Å². The van der Waals surface area contributed by atoms with Crippen molar-refractivity contribution in [1.82, 2.24) is 20.3 Å². The number of nitrogens with zero attached hydrogens (tertiary/aromatic N) is 3. The summed E-state index contributed by atoms with van der Waals surface area (Å²) in [6.45, 7) is 3.33. The largest absolute Gasteiger partial charge is 0.383 e. The minimum absolute atomic E-state index is 0.00501. The number of methoxy groups -OCH3 is 1. The number of alkyl halides is 2. The first-order valence-electron chi connectivity index (χ1n) is 13.9. The lowest BCUT2D eigenvalue weighted by atomic mass is 9.95. The van der Waals surface area contributed by atoms with E-state index in [9.17, 15) is 22.0 Å². The van der Waals surface area contributed by atoms with E-state index in [0.29, 0.717) is 56.2 Å². The molecule has 0 radical (unpaired) electrons. The van der Waals surface area contributed by atoms with Gasteiger partial charge in [0.2, 0.25) is 5.92 Å². The summed E-state index contributed by atoms with van der Waals surface area (Å²) in [6, 6.07) is 6.11. The zero-order valence-electron chi connectivity index (χ0n) is 23.5. The monoisotopic (exact) mass is 596 g/mol. The molecule has 2 aliphatic heterocycles. The molecular weight excluding hydrogens is 558 g/mol. The quantitative estimate of drug-likeness (QED) is 0.367. The average Bonchev–Trinajstić information content (AvgIpc) is 2.98. The number of hydroxylamine groups is 1. The molecule has 226 valence electrons. The number of sulfone groups is 1. The summed E-state index contributed by atoms with van der Waals surface area (Å²) >= 11 is 0. The Bertz CT molecular complexity index is 1240. The number of carbonyl (C=O) groups is 1. The van der Waals surface area contributed by atoms with Gasteiger partial charge in [-0.1, -0.05) is 12.1 Å². The number of ether oxygens (including phenoxy) is 2. The minimum Gasteiger partial charge on any atom is -0.383 e. The Morgan fingerprint density at radius 2 is 1.90 bits per heavy atom. The Morgan fingerprint density at radius 3 is 2.49 bits per heavy atom. The lowest BCUT2D eigenvalue weighted by Crippen LogP contribution is -2.58. The van der Waals surface area contributed by atoms with Gasteiger partial charge in [-0.2, -0.15) is 0 Å². The Morgan fingerprint density at radius 1 is 1.17 bits per heavy atom. The third-order valence-electron chi connectivity index (χ3n) is 7.61. The highest BCUT2D eigenvalue weighted by atomic mass is 32.2. The predicted molar refractivity (Wildman–Crippen MR) is 147 cm³/mol. The van der Waals surface area contributed by atoms with Crippen LogP contribution in [0.3, 0.4) is 0 Å². The molecule has 4 rings (SSSR count). The molecule has 1 atom stereocenters. The lowest BCUT2D eigenvalue weighted by molar-refractivity contribution is -0.202. The van der Waals surface area contributed by atoms with Crippen molar-refractivity contribution in [3.8, 4) is 11.3 Å². The van der Waals surface area contributed by atoms with Gasteiger partial charge in [-0.05, 0) is 51.2 Å². The van der Waals surface area contributed by atoms with Crippen LogP contribution in [0.2, 0.25) is 0 Å². The van der Waals surface area contributed by atoms with Gasteiger partial charge in [0.25, 0.3) is 5.91 Å². The van der Waals surface area contributed by atoms with Crippen molar-refractivity contribution in [2.45, 2.75) is 73.7 Å². The summed E-state index contributed by atoms with van der Waals surface area (Å²) in [6.07, 6.45) is 4.67. The molecule has 1 aromatic carbocycles. The van der Waals surface area contributed by atoms with Crippen LogP contribution < -0.4 is 5.48 Å². The van der Waals surface area contributed by atoms with Gasteiger partial charge in [-0.25, -0.2) is 27.5 Å². The second-order valence-electron chi connectivity index (χ2n) is 10.7. The van der Waals surface area contributed by atoms with Crippen molar-refractivity contribution in [2.75, 3.05) is 40.0 Å². The fourth-order valence-corrected chi connectivity index (χ4v) is 6.95. The number of benzene rings is 1. The van der Waals surface area contributed by atoms with Crippen LogP contribution in [0.1, 0.15) is 51.1 Å². The summed E-state index contributed by atoms with van der Waals surface area (Å²) < 4.78 is 63.4. The van der Waals surface area contributed by atoms with Crippen LogP contribution in [0.5, 0.6) is 0 Å². The maximum atomic E-state index is 14.1. The van der Waals surface area contributed by atoms with E-state index in [0.717, 1.165) is 19.8 Å². The van der Waals surface area contributed by atoms with Gasteiger partial charge in [0, 0.05) is 58.0 Å². The molecule has 41 heavy (non-hydrogen) atoms. The number of halogens is 2. The van der Waals surface area contributed by atoms with Gasteiger partial charge in [0.05, 0.1) is 29.1 Å². The van der Waals surface area contributed by atoms with Gasteiger partial charge in [-0.15, -0.1) is 0 Å². The Hall–Kier alpha value is -2.58. The number of aromatic nitrogens is 2. The molecule has 13 heteroatoms. The first-order valence-corrected chi connectivity index (χ1v) is 15.4. The fourth-order valence-electron chi connectivity index (χ4n) is 5.00. The van der Waals surface area contributed by atoms with Crippen LogP contribution in [-0.2, 0) is 35.4 Å². The molecule has 1 amide bonds. The van der Waals surface area contributed by atoms with Gasteiger partial charge in [0.1, 0.15) is 0 Å². The molecule has 2 aromatic rings. The van der Waals surface area contributed by atoms with Crippen molar-refractivity contribution in [3.63, 3.8) is 0 Å². The van der Waals surface area contributed by atoms with E-state index >= 15 is 0 Å². The van der Waals surface area contributed by atoms with Crippen LogP contribution >= 0.6 is 0 Å². The SMILES string of the molecule is COCCN1CCC(C(=O)NOC2CCCCO2)(S(=O)(=O)c2ccc(-c3cnc(CCC(C)(F)F)cn3)cc2)CC1. The number of nitrogens with one attached hydrogen (secondary N) is 1. The van der Waals surface area contributed by atoms with Crippen molar-refractivity contribution in [1.29, 1.82) is 0 Å². The van der Waals surface area contributed by atoms with Crippen molar-refractivity contribution in [3.05, 3.63) is 42.4 Å². The highest BCUT2D eigenvalue weighted by molar-refractivity contribution is 7.93. The molecule has 2 fully saturated rings. The average molecular weight is 597 g/mol. The number of hydrogen-bond acceptors (Lipinski definition) is 9. The van der Waals surface area contributed by atoms with Crippen molar-refractivity contribution >= 4 is 15.7 Å². The summed E-state index contributed by atoms with van der Waals surface area (Å²) in [5.74, 6) is -3.49. The number of amides is 1. The lowest BCUT2D eigenvalue weighted by Gasteiger charge is -2.40. The van der Waals surface area contributed by atoms with Crippen LogP contribution in [0.15, 0.2) is 41.6 Å². The second-order valence-corrected chi connectivity index (χ2v) is 12.9. The molecule has 1 aromatic heterocycles. The smallest absolute Gasteiger partial charge is 0.265 e. The van der Waals surface area contributed by atoms with E-state index < -0.39 is 32.7 Å². The first-order chi connectivity index (χ1) is 19.5. The summed E-state index contributed by atoms with van der Waals surface area (Å²) in [7, 11) is -2.54. The highest BCUT2D eigenvalue weighted by Crippen LogP contribution is 2.37. The topological polar surface area (TPSA) is 120 Å². The van der Waals surface area contributed by atoms with E-state index in [1.807, 2.05) is 0 Å². The standard InChI is InChI=1S/C28H38F2N4O6S/c1-27(29,30)11-10-22-19-32-24(20-31-22)21-6-8-23(9-7-21)41(36,37)28(12-14-34(15-13-28)16-18-38-2)26(35)33-40-25-5-3-4-17-39-25/h6-9,19-20,25H,3-5,10-18H2,1-2H3,(H,33,35). The molecule has 2 saturated heterocycles. The number of hydrogen-bond donors (Lipinski definition) is 1. The molecule has 2 aliphatic rings. The second kappa shape index (κ2) is 13.6. The number of rotatable bonds is 12. The van der Waals surface area contributed by atoms with Gasteiger partial charge in [-0.3, -0.25) is 14.8 Å². The van der Waals surface area contributed by atoms with E-state index in [2.05, 4.69) is 20.3 Å². The van der Waals surface area contributed by atoms with E-state index in [1.54, 1.807) is 19.2 Å². The minimum atomic E-state index is -4.14. The zero-order valence-corrected chi connectivity index (χ0v) is 24.3. The Labute approximate surface area is 239 Å². The van der Waals surface area contributed by atoms with Gasteiger partial charge in [0.15, 0.2) is 20.9 Å². The number of aryl methyl sites for hydroxylation is 1. The number of piperidine rings is 1. The molecule has 0 saturated carbocycles. The highest BCUT2D eigenvalue weighted by Gasteiger charge is 2.53. The normalized spacial score (nSPS) is 20.0. The van der Waals surface area contributed by atoms with Crippen molar-refractivity contribution in [2.24, 2.45) is 0 Å². The molecule has 1 unspecified atom stereocenters. The van der Waals surface area contributed by atoms with Gasteiger partial charge >= 0.3 is 0 Å². The summed E-state index contributed by atoms with van der Waals surface area (Å²) in [5, 5.41) is 0. The number of carbonyl (C=O) groups excluding carboxylic acids is 1. The predicted octanol–water partition coefficient (Wildman–Crippen LogP) is 3.56. The van der Waals surface area contributed by atoms with Crippen LogP contribution in [0, 0.1) is 0 Å². The Balaban J connectivity index is 1.52. The van der Waals surface area contributed by atoms with Crippen LogP contribution in [-0.4, -0.2) is 86.1 Å². The summed E-state index contributed by atoms with van der Waals surface area (Å²) in [5.41, 5.74) is 3.93. The molecule has 0 aliphatic carbocycles. The van der Waals surface area contributed by atoms with Crippen molar-refractivity contribution < 1.29 is 36.3 Å². The van der Waals surface area contributed by atoms with E-state index in [4.69, 9.17) is 14.3 Å². The third kappa shape index (κ3) is 7.83. The maximum Gasteiger partial charge on any atom is 0.265 e. The Kier molecular flexibility index (Phi) is 10.4. The molecule has 1 N–H and O–H groups in total. The number of likely N-dealkylation sites (tertiary alicyclic amines) is 1. The molecule has 0 bridgehead atoms. The van der Waals surface area contributed by atoms with Gasteiger partial charge < -0.3 is 14.4 Å².